The van der Waals surface area contributed by atoms with Crippen LogP contribution < -0.4 is 5.32 Å². The lowest BCUT2D eigenvalue weighted by Crippen LogP contribution is -2.24. The van der Waals surface area contributed by atoms with Gasteiger partial charge in [-0.25, -0.2) is 9.98 Å². The highest BCUT2D eigenvalue weighted by atomic mass is 32.1. The Morgan fingerprint density at radius 2 is 1.76 bits per heavy atom. The Morgan fingerprint density at radius 3 is 2.33 bits per heavy atom. The summed E-state index contributed by atoms with van der Waals surface area (Å²) in [5.74, 6) is 1.01. The van der Waals surface area contributed by atoms with Crippen molar-refractivity contribution in [1.29, 1.82) is 0 Å². The molecule has 0 aliphatic rings. The summed E-state index contributed by atoms with van der Waals surface area (Å²) in [5, 5.41) is 6.68. The maximum Gasteiger partial charge on any atom is 0.110 e. The van der Waals surface area contributed by atoms with Gasteiger partial charge in [0, 0.05) is 25.9 Å². The maximum absolute atomic E-state index is 4.83. The van der Waals surface area contributed by atoms with E-state index in [9.17, 15) is 0 Å². The predicted octanol–water partition coefficient (Wildman–Crippen LogP) is 7.16. The number of hydrogen-bond acceptors (Lipinski definition) is 4. The summed E-state index contributed by atoms with van der Waals surface area (Å²) in [5.41, 5.74) is 3.38. The molecular weight excluding hydrogens is 424 g/mol. The van der Waals surface area contributed by atoms with Crippen LogP contribution >= 0.6 is 11.3 Å². The average Bonchev–Trinajstić information content (AvgIpc) is 3.25. The highest BCUT2D eigenvalue weighted by Crippen LogP contribution is 2.16. The van der Waals surface area contributed by atoms with Gasteiger partial charge < -0.3 is 10.2 Å². The summed E-state index contributed by atoms with van der Waals surface area (Å²) in [4.78, 5) is 11.4. The van der Waals surface area contributed by atoms with Crippen LogP contribution in [0.25, 0.3) is 0 Å². The zero-order chi connectivity index (χ0) is 24.9. The maximum atomic E-state index is 4.83. The number of hydrogen-bond donors (Lipinski definition) is 1. The molecule has 1 aromatic carbocycles. The standard InChI is InChI=1S/C24H32N4S.2C2H6/c1-5-6-7-8-9-10-16-25-17-15-21-11-13-22(14-12-21)27-24(28(3)4)18-23-19-29-20(2)26-23;2*1-2/h5-9,11-14,19,25H,1,10,15-18H2,2-4H3;2*1-2H3/b7-6-,9-8+,27-24?;;. The zero-order valence-corrected chi connectivity index (χ0v) is 22.6. The second-order valence-electron chi connectivity index (χ2n) is 6.96. The highest BCUT2D eigenvalue weighted by molar-refractivity contribution is 7.09. The van der Waals surface area contributed by atoms with Crippen molar-refractivity contribution in [2.24, 2.45) is 4.99 Å². The summed E-state index contributed by atoms with van der Waals surface area (Å²) in [6.45, 7) is 15.6. The fraction of sp³-hybridized carbons (Fsp3) is 0.429. The van der Waals surface area contributed by atoms with Gasteiger partial charge in [-0.1, -0.05) is 76.8 Å². The van der Waals surface area contributed by atoms with Gasteiger partial charge in [0.2, 0.25) is 0 Å². The molecule has 2 rings (SSSR count). The van der Waals surface area contributed by atoms with Crippen LogP contribution in [0.4, 0.5) is 5.69 Å². The van der Waals surface area contributed by atoms with E-state index in [1.807, 2.05) is 60.9 Å². The smallest absolute Gasteiger partial charge is 0.110 e. The first-order valence-corrected chi connectivity index (χ1v) is 12.9. The SMILES string of the molecule is C=C/C=C\C=C\CCNCCc1ccc(N=C(Cc2csc(C)n2)N(C)C)cc1.CC.CC. The van der Waals surface area contributed by atoms with Gasteiger partial charge >= 0.3 is 0 Å². The van der Waals surface area contributed by atoms with Crippen LogP contribution in [0.15, 0.2) is 71.6 Å². The number of likely N-dealkylation sites (N-methyl/N-ethyl adjacent to an activating group) is 1. The number of aryl methyl sites for hydroxylation is 1. The Balaban J connectivity index is 0.00000242. The van der Waals surface area contributed by atoms with E-state index >= 15 is 0 Å². The molecule has 0 fully saturated rings. The molecule has 1 aromatic heterocycles. The van der Waals surface area contributed by atoms with Gasteiger partial charge in [-0.2, -0.15) is 0 Å². The van der Waals surface area contributed by atoms with Gasteiger partial charge in [0.05, 0.1) is 16.4 Å². The molecule has 0 aliphatic carbocycles. The first-order chi connectivity index (χ1) is 16.1. The summed E-state index contributed by atoms with van der Waals surface area (Å²) in [7, 11) is 4.06. The van der Waals surface area contributed by atoms with Crippen molar-refractivity contribution < 1.29 is 0 Å². The summed E-state index contributed by atoms with van der Waals surface area (Å²) in [6.07, 6.45) is 12.7. The summed E-state index contributed by atoms with van der Waals surface area (Å²) >= 11 is 1.68. The fourth-order valence-corrected chi connectivity index (χ4v) is 3.31. The number of thiazole rings is 1. The Kier molecular flexibility index (Phi) is 18.6. The van der Waals surface area contributed by atoms with Gasteiger partial charge in [0.1, 0.15) is 5.84 Å². The molecule has 0 bridgehead atoms. The van der Waals surface area contributed by atoms with Crippen molar-refractivity contribution in [2.75, 3.05) is 27.2 Å². The number of allylic oxidation sites excluding steroid dienone is 4. The van der Waals surface area contributed by atoms with Crippen LogP contribution in [-0.2, 0) is 12.8 Å². The Morgan fingerprint density at radius 1 is 1.06 bits per heavy atom. The molecule has 0 amide bonds. The van der Waals surface area contributed by atoms with E-state index in [1.54, 1.807) is 17.4 Å². The minimum atomic E-state index is 0.751. The quantitative estimate of drug-likeness (QED) is 0.165. The molecule has 1 N–H and O–H groups in total. The minimum Gasteiger partial charge on any atom is -0.366 e. The van der Waals surface area contributed by atoms with Gasteiger partial charge in [-0.05, 0) is 50.6 Å². The Labute approximate surface area is 206 Å². The van der Waals surface area contributed by atoms with Gasteiger partial charge in [0.15, 0.2) is 0 Å². The van der Waals surface area contributed by atoms with Gasteiger partial charge in [-0.3, -0.25) is 0 Å². The van der Waals surface area contributed by atoms with E-state index < -0.39 is 0 Å². The van der Waals surface area contributed by atoms with Crippen molar-refractivity contribution in [3.8, 4) is 0 Å². The third-order valence-electron chi connectivity index (χ3n) is 4.29. The molecule has 0 saturated heterocycles. The Bertz CT molecular complexity index is 830. The third kappa shape index (κ3) is 14.3. The number of aliphatic imine (C=N–C) groups is 1. The zero-order valence-electron chi connectivity index (χ0n) is 21.8. The molecule has 4 nitrogen and oxygen atoms in total. The number of nitrogens with one attached hydrogen (secondary N) is 1. The van der Waals surface area contributed by atoms with E-state index in [1.165, 1.54) is 5.56 Å². The first-order valence-electron chi connectivity index (χ1n) is 12.0. The van der Waals surface area contributed by atoms with Gasteiger partial charge in [0.25, 0.3) is 0 Å². The molecule has 0 unspecified atom stereocenters. The fourth-order valence-electron chi connectivity index (χ4n) is 2.70. The van der Waals surface area contributed by atoms with E-state index in [4.69, 9.17) is 4.99 Å². The van der Waals surface area contributed by atoms with Crippen LogP contribution in [0, 0.1) is 6.92 Å². The molecule has 0 radical (unpaired) electrons. The van der Waals surface area contributed by atoms with E-state index in [2.05, 4.69) is 63.6 Å². The van der Waals surface area contributed by atoms with Crippen molar-refractivity contribution in [2.45, 2.75) is 53.9 Å². The monoisotopic (exact) mass is 468 g/mol. The number of nitrogens with zero attached hydrogens (tertiary/aromatic N) is 3. The topological polar surface area (TPSA) is 40.5 Å². The van der Waals surface area contributed by atoms with Crippen LogP contribution in [-0.4, -0.2) is 42.9 Å². The molecule has 0 spiro atoms. The van der Waals surface area contributed by atoms with Crippen LogP contribution in [0.2, 0.25) is 0 Å². The van der Waals surface area contributed by atoms with E-state index in [0.717, 1.165) is 54.6 Å². The minimum absolute atomic E-state index is 0.751. The van der Waals surface area contributed by atoms with Gasteiger partial charge in [-0.15, -0.1) is 11.3 Å². The Hall–Kier alpha value is -2.50. The molecule has 0 atom stereocenters. The lowest BCUT2D eigenvalue weighted by Gasteiger charge is -2.15. The summed E-state index contributed by atoms with van der Waals surface area (Å²) < 4.78 is 0. The highest BCUT2D eigenvalue weighted by Gasteiger charge is 2.07. The normalized spacial score (nSPS) is 11.1. The van der Waals surface area contributed by atoms with E-state index in [0.29, 0.717) is 0 Å². The van der Waals surface area contributed by atoms with Crippen LogP contribution in [0.1, 0.15) is 50.4 Å². The van der Waals surface area contributed by atoms with Crippen molar-refractivity contribution in [3.05, 3.63) is 82.9 Å². The number of aromatic nitrogens is 1. The second-order valence-corrected chi connectivity index (χ2v) is 8.02. The largest absolute Gasteiger partial charge is 0.366 e. The molecule has 182 valence electrons. The molecule has 0 aliphatic heterocycles. The molecular formula is C28H44N4S. The lowest BCUT2D eigenvalue weighted by atomic mass is 10.1. The molecule has 1 heterocycles. The van der Waals surface area contributed by atoms with Crippen LogP contribution in [0.5, 0.6) is 0 Å². The molecule has 0 saturated carbocycles. The second kappa shape index (κ2) is 20.1. The molecule has 33 heavy (non-hydrogen) atoms. The molecule has 2 aromatic rings. The van der Waals surface area contributed by atoms with Crippen molar-refractivity contribution in [1.82, 2.24) is 15.2 Å². The first kappa shape index (κ1) is 30.5. The predicted molar refractivity (Wildman–Crippen MR) is 150 cm³/mol. The molecule has 5 heteroatoms. The van der Waals surface area contributed by atoms with Crippen LogP contribution in [0.3, 0.4) is 0 Å². The van der Waals surface area contributed by atoms with Crippen molar-refractivity contribution >= 4 is 22.9 Å². The number of benzene rings is 1. The number of rotatable bonds is 11. The van der Waals surface area contributed by atoms with Crippen molar-refractivity contribution in [3.63, 3.8) is 0 Å². The van der Waals surface area contributed by atoms with E-state index in [-0.39, 0.29) is 0 Å². The summed E-state index contributed by atoms with van der Waals surface area (Å²) in [6, 6.07) is 8.53. The number of amidine groups is 1. The third-order valence-corrected chi connectivity index (χ3v) is 5.11. The average molecular weight is 469 g/mol. The lowest BCUT2D eigenvalue weighted by molar-refractivity contribution is 0.609.